The summed E-state index contributed by atoms with van der Waals surface area (Å²) < 4.78 is 62.2. The van der Waals surface area contributed by atoms with Crippen LogP contribution in [0.1, 0.15) is 23.1 Å². The van der Waals surface area contributed by atoms with Gasteiger partial charge in [-0.3, -0.25) is 0 Å². The molecule has 0 unspecified atom stereocenters. The Morgan fingerprint density at radius 2 is 1.35 bits per heavy atom. The standard InChI is InChI=1S/C32H29NO8S2/c1-21-7-13-26(14-8-21)42(37,38)33(43(39,40)27-15-9-23(10-16-27)11-18-31(34)35)25-12-17-30-24(19-25)20-29(32(36)41-30)28-6-4-3-5-22(28)2/h3-10,12-17,19-20,31,34-35H,11,18H2,1-2H3. The van der Waals surface area contributed by atoms with Crippen molar-refractivity contribution in [2.24, 2.45) is 0 Å². The number of rotatable bonds is 9. The van der Waals surface area contributed by atoms with E-state index in [-0.39, 0.29) is 39.5 Å². The number of benzene rings is 4. The van der Waals surface area contributed by atoms with Gasteiger partial charge in [-0.15, -0.1) is 0 Å². The van der Waals surface area contributed by atoms with Crippen molar-refractivity contribution >= 4 is 36.7 Å². The van der Waals surface area contributed by atoms with Crippen LogP contribution >= 0.6 is 0 Å². The van der Waals surface area contributed by atoms with Crippen molar-refractivity contribution in [1.29, 1.82) is 0 Å². The van der Waals surface area contributed by atoms with Gasteiger partial charge in [0.25, 0.3) is 20.0 Å². The number of hydrogen-bond acceptors (Lipinski definition) is 8. The van der Waals surface area contributed by atoms with E-state index in [0.29, 0.717) is 20.2 Å². The first-order valence-electron chi connectivity index (χ1n) is 13.3. The summed E-state index contributed by atoms with van der Waals surface area (Å²) in [6.45, 7) is 3.63. The Balaban J connectivity index is 1.68. The van der Waals surface area contributed by atoms with E-state index >= 15 is 0 Å². The molecule has 0 radical (unpaired) electrons. The second kappa shape index (κ2) is 11.8. The number of aliphatic hydroxyl groups excluding tert-OH is 1. The van der Waals surface area contributed by atoms with Crippen molar-refractivity contribution in [1.82, 2.24) is 0 Å². The zero-order valence-electron chi connectivity index (χ0n) is 23.3. The van der Waals surface area contributed by atoms with Crippen molar-refractivity contribution in [2.45, 2.75) is 42.8 Å². The molecule has 9 nitrogen and oxygen atoms in total. The molecule has 4 aromatic carbocycles. The molecule has 0 fully saturated rings. The highest BCUT2D eigenvalue weighted by Gasteiger charge is 2.37. The van der Waals surface area contributed by atoms with Crippen molar-refractivity contribution < 1.29 is 31.5 Å². The third kappa shape index (κ3) is 6.11. The Labute approximate surface area is 249 Å². The van der Waals surface area contributed by atoms with Gasteiger partial charge < -0.3 is 14.6 Å². The summed E-state index contributed by atoms with van der Waals surface area (Å²) in [4.78, 5) is 12.3. The molecule has 0 aliphatic heterocycles. The van der Waals surface area contributed by atoms with Gasteiger partial charge in [0, 0.05) is 11.8 Å². The van der Waals surface area contributed by atoms with Crippen LogP contribution in [0.25, 0.3) is 22.1 Å². The van der Waals surface area contributed by atoms with Gasteiger partial charge in [-0.25, -0.2) is 21.6 Å². The molecule has 0 amide bonds. The topological polar surface area (TPSA) is 142 Å². The summed E-state index contributed by atoms with van der Waals surface area (Å²) in [6.07, 6.45) is -1.18. The number of hydrogen-bond donors (Lipinski definition) is 2. The Hall–Kier alpha value is -4.29. The van der Waals surface area contributed by atoms with Crippen molar-refractivity contribution in [3.63, 3.8) is 0 Å². The predicted molar refractivity (Wildman–Crippen MR) is 164 cm³/mol. The summed E-state index contributed by atoms with van der Waals surface area (Å²) >= 11 is 0. The number of anilines is 1. The summed E-state index contributed by atoms with van der Waals surface area (Å²) in [5.74, 6) is 0. The average molecular weight is 620 g/mol. The van der Waals surface area contributed by atoms with E-state index < -0.39 is 32.0 Å². The third-order valence-corrected chi connectivity index (χ3v) is 11.2. The monoisotopic (exact) mass is 619 g/mol. The molecule has 5 rings (SSSR count). The average Bonchev–Trinajstić information content (AvgIpc) is 2.96. The molecule has 11 heteroatoms. The van der Waals surface area contributed by atoms with Gasteiger partial charge in [-0.1, -0.05) is 54.1 Å². The molecule has 1 aromatic heterocycles. The van der Waals surface area contributed by atoms with Crippen LogP contribution in [0, 0.1) is 13.8 Å². The maximum absolute atomic E-state index is 14.1. The largest absolute Gasteiger partial charge is 0.422 e. The second-order valence-corrected chi connectivity index (χ2v) is 14.0. The lowest BCUT2D eigenvalue weighted by atomic mass is 10.0. The number of fused-ring (bicyclic) bond motifs is 1. The predicted octanol–water partition coefficient (Wildman–Crippen LogP) is 4.90. The van der Waals surface area contributed by atoms with E-state index in [2.05, 4.69) is 0 Å². The fraction of sp³-hybridized carbons (Fsp3) is 0.156. The molecule has 0 spiro atoms. The Bertz CT molecular complexity index is 2070. The highest BCUT2D eigenvalue weighted by molar-refractivity contribution is 8.10. The molecule has 0 atom stereocenters. The minimum atomic E-state index is -4.71. The first-order valence-corrected chi connectivity index (χ1v) is 16.2. The van der Waals surface area contributed by atoms with E-state index in [9.17, 15) is 21.6 Å². The molecule has 222 valence electrons. The fourth-order valence-corrected chi connectivity index (χ4v) is 8.39. The number of aliphatic hydroxyl groups is 2. The lowest BCUT2D eigenvalue weighted by molar-refractivity contribution is -0.0447. The lowest BCUT2D eigenvalue weighted by Crippen LogP contribution is -2.37. The summed E-state index contributed by atoms with van der Waals surface area (Å²) in [5, 5.41) is 18.6. The van der Waals surface area contributed by atoms with Crippen LogP contribution in [-0.2, 0) is 26.5 Å². The van der Waals surface area contributed by atoms with Gasteiger partial charge in [0.1, 0.15) is 5.58 Å². The van der Waals surface area contributed by atoms with E-state index in [0.717, 1.165) is 11.1 Å². The Morgan fingerprint density at radius 1 is 0.744 bits per heavy atom. The highest BCUT2D eigenvalue weighted by Crippen LogP contribution is 2.34. The van der Waals surface area contributed by atoms with Crippen LogP contribution < -0.4 is 9.34 Å². The van der Waals surface area contributed by atoms with Crippen molar-refractivity contribution in [2.75, 3.05) is 3.71 Å². The lowest BCUT2D eigenvalue weighted by Gasteiger charge is -2.24. The SMILES string of the molecule is Cc1ccc(S(=O)(=O)N(c2ccc3oc(=O)c(-c4ccccc4C)cc3c2)S(=O)(=O)c2ccc(CCC(O)O)cc2)cc1. The molecular weight excluding hydrogens is 590 g/mol. The van der Waals surface area contributed by atoms with Gasteiger partial charge in [0.05, 0.1) is 21.0 Å². The van der Waals surface area contributed by atoms with Crippen LogP contribution in [0.4, 0.5) is 5.69 Å². The van der Waals surface area contributed by atoms with Crippen molar-refractivity contribution in [3.05, 3.63) is 124 Å². The first kappa shape index (κ1) is 30.2. The second-order valence-electron chi connectivity index (χ2n) is 10.2. The molecule has 0 bridgehead atoms. The van der Waals surface area contributed by atoms with Crippen LogP contribution in [-0.4, -0.2) is 33.3 Å². The van der Waals surface area contributed by atoms with Crippen molar-refractivity contribution in [3.8, 4) is 11.1 Å². The van der Waals surface area contributed by atoms with Crippen LogP contribution in [0.2, 0.25) is 0 Å². The third-order valence-electron chi connectivity index (χ3n) is 7.03. The normalized spacial score (nSPS) is 12.1. The summed E-state index contributed by atoms with van der Waals surface area (Å²) in [5.41, 5.74) is 2.55. The number of nitrogens with zero attached hydrogens (tertiary/aromatic N) is 1. The summed E-state index contributed by atoms with van der Waals surface area (Å²) in [6, 6.07) is 24.2. The molecule has 0 aliphatic rings. The zero-order chi connectivity index (χ0) is 30.9. The Kier molecular flexibility index (Phi) is 8.26. The highest BCUT2D eigenvalue weighted by atomic mass is 32.3. The minimum Gasteiger partial charge on any atom is -0.422 e. The van der Waals surface area contributed by atoms with Gasteiger partial charge in [-0.05, 0) is 85.5 Å². The molecular formula is C32H29NO8S2. The fourth-order valence-electron chi connectivity index (χ4n) is 4.72. The van der Waals surface area contributed by atoms with Gasteiger partial charge >= 0.3 is 5.63 Å². The Morgan fingerprint density at radius 3 is 1.95 bits per heavy atom. The van der Waals surface area contributed by atoms with Gasteiger partial charge in [0.2, 0.25) is 0 Å². The van der Waals surface area contributed by atoms with Crippen LogP contribution in [0.15, 0.2) is 116 Å². The molecule has 5 aromatic rings. The van der Waals surface area contributed by atoms with Gasteiger partial charge in [-0.2, -0.15) is 3.71 Å². The molecule has 1 heterocycles. The summed E-state index contributed by atoms with van der Waals surface area (Å²) in [7, 11) is -9.38. The molecule has 0 aliphatic carbocycles. The maximum Gasteiger partial charge on any atom is 0.344 e. The smallest absolute Gasteiger partial charge is 0.344 e. The number of sulfonamides is 2. The number of aryl methyl sites for hydroxylation is 3. The first-order chi connectivity index (χ1) is 20.4. The van der Waals surface area contributed by atoms with Gasteiger partial charge in [0.15, 0.2) is 6.29 Å². The molecule has 0 saturated carbocycles. The van der Waals surface area contributed by atoms with E-state index in [1.54, 1.807) is 37.3 Å². The molecule has 43 heavy (non-hydrogen) atoms. The molecule has 0 saturated heterocycles. The quantitative estimate of drug-likeness (QED) is 0.175. The molecule has 2 N–H and O–H groups in total. The van der Waals surface area contributed by atoms with E-state index in [4.69, 9.17) is 14.6 Å². The minimum absolute atomic E-state index is 0.0533. The van der Waals surface area contributed by atoms with Crippen LogP contribution in [0.3, 0.4) is 0 Å². The van der Waals surface area contributed by atoms with Crippen LogP contribution in [0.5, 0.6) is 0 Å². The zero-order valence-corrected chi connectivity index (χ0v) is 25.0. The maximum atomic E-state index is 14.1. The van der Waals surface area contributed by atoms with E-state index in [1.807, 2.05) is 19.1 Å². The van der Waals surface area contributed by atoms with E-state index in [1.165, 1.54) is 54.6 Å².